The fourth-order valence-corrected chi connectivity index (χ4v) is 6.56. The molecule has 0 spiro atoms. The zero-order chi connectivity index (χ0) is 27.1. The van der Waals surface area contributed by atoms with Crippen LogP contribution in [0.3, 0.4) is 0 Å². The van der Waals surface area contributed by atoms with Crippen molar-refractivity contribution in [3.05, 3.63) is 102 Å². The van der Waals surface area contributed by atoms with E-state index in [0.717, 1.165) is 33.3 Å². The number of nitrogens with zero attached hydrogens (tertiary/aromatic N) is 7. The van der Waals surface area contributed by atoms with E-state index in [1.807, 2.05) is 25.1 Å². The first kappa shape index (κ1) is 25.4. The summed E-state index contributed by atoms with van der Waals surface area (Å²) in [6.45, 7) is 3.92. The van der Waals surface area contributed by atoms with E-state index in [-0.39, 0.29) is 23.4 Å². The normalized spacial score (nSPS) is 17.2. The summed E-state index contributed by atoms with van der Waals surface area (Å²) in [6, 6.07) is 20.4. The number of aromatic nitrogens is 5. The van der Waals surface area contributed by atoms with Crippen LogP contribution in [0.1, 0.15) is 22.7 Å². The van der Waals surface area contributed by atoms with Crippen LogP contribution in [0.2, 0.25) is 0 Å². The van der Waals surface area contributed by atoms with Gasteiger partial charge in [0.1, 0.15) is 5.82 Å². The summed E-state index contributed by atoms with van der Waals surface area (Å²) < 4.78 is 43.7. The highest BCUT2D eigenvalue weighted by molar-refractivity contribution is 7.89. The first-order chi connectivity index (χ1) is 18.8. The topological polar surface area (TPSA) is 89.2 Å². The van der Waals surface area contributed by atoms with Gasteiger partial charge in [0, 0.05) is 44.7 Å². The number of aryl methyl sites for hydroxylation is 2. The minimum Gasteiger partial charge on any atom is -0.289 e. The van der Waals surface area contributed by atoms with Gasteiger partial charge in [-0.25, -0.2) is 17.5 Å². The molecular weight excluding hydrogens is 517 g/mol. The zero-order valence-electron chi connectivity index (χ0n) is 21.6. The lowest BCUT2D eigenvalue weighted by atomic mass is 9.96. The van der Waals surface area contributed by atoms with E-state index < -0.39 is 10.0 Å². The van der Waals surface area contributed by atoms with Crippen molar-refractivity contribution in [2.45, 2.75) is 24.5 Å². The molecule has 3 aromatic carbocycles. The first-order valence-corrected chi connectivity index (χ1v) is 14.1. The third-order valence-corrected chi connectivity index (χ3v) is 8.98. The highest BCUT2D eigenvalue weighted by Gasteiger charge is 2.37. The van der Waals surface area contributed by atoms with Crippen LogP contribution in [0, 0.1) is 12.7 Å². The molecule has 0 radical (unpaired) electrons. The van der Waals surface area contributed by atoms with E-state index in [1.165, 1.54) is 27.4 Å². The molecule has 0 saturated carbocycles. The second-order valence-corrected chi connectivity index (χ2v) is 11.7. The van der Waals surface area contributed by atoms with E-state index >= 15 is 0 Å². The molecule has 9 nitrogen and oxygen atoms in total. The molecule has 1 aliphatic rings. The summed E-state index contributed by atoms with van der Waals surface area (Å²) in [7, 11) is -2.20. The van der Waals surface area contributed by atoms with E-state index in [9.17, 15) is 12.8 Å². The van der Waals surface area contributed by atoms with Gasteiger partial charge in [0.05, 0.1) is 23.6 Å². The van der Waals surface area contributed by atoms with Crippen LogP contribution < -0.4 is 0 Å². The molecule has 0 amide bonds. The van der Waals surface area contributed by atoms with Crippen LogP contribution in [-0.2, 0) is 23.6 Å². The number of halogens is 1. The Labute approximate surface area is 226 Å². The van der Waals surface area contributed by atoms with E-state index in [0.29, 0.717) is 19.6 Å². The molecule has 39 heavy (non-hydrogen) atoms. The molecule has 1 saturated heterocycles. The smallest absolute Gasteiger partial charge is 0.264 e. The Hall–Kier alpha value is -3.93. The van der Waals surface area contributed by atoms with E-state index in [2.05, 4.69) is 44.5 Å². The number of fused-ring (bicyclic) bond motifs is 1. The summed E-state index contributed by atoms with van der Waals surface area (Å²) >= 11 is 0. The van der Waals surface area contributed by atoms with Gasteiger partial charge in [-0.15, -0.1) is 5.10 Å². The van der Waals surface area contributed by atoms with E-state index in [1.54, 1.807) is 30.1 Å². The fraction of sp³-hybridized carbons (Fsp3) is 0.250. The summed E-state index contributed by atoms with van der Waals surface area (Å²) in [5.74, 6) is -0.300. The molecule has 200 valence electrons. The minimum absolute atomic E-state index is 0.0481. The molecule has 11 heteroatoms. The summed E-state index contributed by atoms with van der Waals surface area (Å²) in [5.41, 5.74) is 4.89. The molecular formula is C28H28FN7O2S. The van der Waals surface area contributed by atoms with Crippen molar-refractivity contribution in [1.82, 2.24) is 34.0 Å². The van der Waals surface area contributed by atoms with Crippen molar-refractivity contribution in [2.75, 3.05) is 19.6 Å². The number of piperazine rings is 1. The van der Waals surface area contributed by atoms with Crippen molar-refractivity contribution in [1.29, 1.82) is 0 Å². The first-order valence-electron chi connectivity index (χ1n) is 12.7. The van der Waals surface area contributed by atoms with Crippen LogP contribution in [0.4, 0.5) is 4.39 Å². The van der Waals surface area contributed by atoms with Crippen LogP contribution in [-0.4, -0.2) is 62.0 Å². The quantitative estimate of drug-likeness (QED) is 0.322. The van der Waals surface area contributed by atoms with Gasteiger partial charge in [0.15, 0.2) is 0 Å². The third kappa shape index (κ3) is 4.84. The van der Waals surface area contributed by atoms with Crippen molar-refractivity contribution < 1.29 is 12.8 Å². The minimum atomic E-state index is -3.80. The van der Waals surface area contributed by atoms with Gasteiger partial charge in [-0.3, -0.25) is 4.90 Å². The Morgan fingerprint density at radius 1 is 0.974 bits per heavy atom. The van der Waals surface area contributed by atoms with Crippen LogP contribution in [0.15, 0.2) is 84.1 Å². The number of rotatable bonds is 6. The monoisotopic (exact) mass is 545 g/mol. The molecule has 1 atom stereocenters. The summed E-state index contributed by atoms with van der Waals surface area (Å²) in [6.07, 6.45) is 3.09. The van der Waals surface area contributed by atoms with Crippen LogP contribution >= 0.6 is 0 Å². The van der Waals surface area contributed by atoms with Gasteiger partial charge >= 0.3 is 0 Å². The molecule has 3 heterocycles. The van der Waals surface area contributed by atoms with Crippen LogP contribution in [0.25, 0.3) is 16.6 Å². The van der Waals surface area contributed by atoms with Crippen molar-refractivity contribution in [3.8, 4) is 5.69 Å². The molecule has 0 aliphatic carbocycles. The molecule has 1 aliphatic heterocycles. The maximum absolute atomic E-state index is 13.5. The Morgan fingerprint density at radius 3 is 2.46 bits per heavy atom. The Morgan fingerprint density at radius 2 is 1.74 bits per heavy atom. The second kappa shape index (κ2) is 9.99. The zero-order valence-corrected chi connectivity index (χ0v) is 22.5. The fourth-order valence-electron chi connectivity index (χ4n) is 5.24. The van der Waals surface area contributed by atoms with Gasteiger partial charge in [-0.05, 0) is 60.0 Å². The number of hydrogen-bond donors (Lipinski definition) is 0. The Balaban J connectivity index is 1.39. The van der Waals surface area contributed by atoms with Crippen LogP contribution in [0.5, 0.6) is 0 Å². The summed E-state index contributed by atoms with van der Waals surface area (Å²) in [5, 5.41) is 13.5. The lowest BCUT2D eigenvalue weighted by Crippen LogP contribution is -2.50. The molecule has 0 N–H and O–H groups in total. The Kier molecular flexibility index (Phi) is 6.49. The number of benzene rings is 3. The largest absolute Gasteiger partial charge is 0.289 e. The van der Waals surface area contributed by atoms with Gasteiger partial charge in [-0.2, -0.15) is 19.3 Å². The predicted octanol–water partition coefficient (Wildman–Crippen LogP) is 3.85. The average molecular weight is 546 g/mol. The highest BCUT2D eigenvalue weighted by atomic mass is 32.2. The average Bonchev–Trinajstić information content (AvgIpc) is 3.56. The molecule has 5 aromatic rings. The van der Waals surface area contributed by atoms with Crippen molar-refractivity contribution >= 4 is 20.9 Å². The van der Waals surface area contributed by atoms with Gasteiger partial charge in [0.2, 0.25) is 5.03 Å². The molecule has 2 aromatic heterocycles. The third-order valence-electron chi connectivity index (χ3n) is 7.25. The highest BCUT2D eigenvalue weighted by Crippen LogP contribution is 2.34. The number of hydrogen-bond acceptors (Lipinski definition) is 6. The standard InChI is InChI=1S/C28H28FN7O2S/c1-20-14-26-22(16-31-36(26)24-10-8-23(29)9-11-24)15-25(20)27-19-35(39(37,38)28-17-30-33(2)32-28)13-12-34(27)18-21-6-4-3-5-7-21/h3-11,14-17,27H,12-13,18-19H2,1-2H3/t27-/m0/s1. The molecule has 6 rings (SSSR count). The Bertz CT molecular complexity index is 1730. The SMILES string of the molecule is Cc1cc2c(cnn2-c2ccc(F)cc2)cc1[C@@H]1CN(S(=O)(=O)c2cnn(C)n2)CCN1Cc1ccccc1. The second-order valence-electron chi connectivity index (χ2n) is 9.81. The molecule has 0 bridgehead atoms. The van der Waals surface area contributed by atoms with Gasteiger partial charge in [0.25, 0.3) is 10.0 Å². The summed E-state index contributed by atoms with van der Waals surface area (Å²) in [4.78, 5) is 3.59. The van der Waals surface area contributed by atoms with Crippen molar-refractivity contribution in [2.24, 2.45) is 7.05 Å². The molecule has 0 unspecified atom stereocenters. The lowest BCUT2D eigenvalue weighted by molar-refractivity contribution is 0.110. The van der Waals surface area contributed by atoms with Gasteiger partial charge < -0.3 is 0 Å². The maximum atomic E-state index is 13.5. The van der Waals surface area contributed by atoms with E-state index in [4.69, 9.17) is 0 Å². The molecule has 1 fully saturated rings. The van der Waals surface area contributed by atoms with Crippen molar-refractivity contribution in [3.63, 3.8) is 0 Å². The lowest BCUT2D eigenvalue weighted by Gasteiger charge is -2.41. The number of sulfonamides is 1. The predicted molar refractivity (Wildman–Crippen MR) is 145 cm³/mol. The van der Waals surface area contributed by atoms with Gasteiger partial charge in [-0.1, -0.05) is 30.3 Å². The maximum Gasteiger partial charge on any atom is 0.264 e.